The first-order valence-corrected chi connectivity index (χ1v) is 4.70. The Morgan fingerprint density at radius 3 is 2.54 bits per heavy atom. The lowest BCUT2D eigenvalue weighted by Crippen LogP contribution is -2.29. The topological polar surface area (TPSA) is 53.2 Å². The first kappa shape index (κ1) is 10.5. The van der Waals surface area contributed by atoms with Crippen molar-refractivity contribution in [1.29, 1.82) is 5.26 Å². The predicted octanol–water partition coefficient (Wildman–Crippen LogP) is 1.47. The average Bonchev–Trinajstić information content (AvgIpc) is 2.40. The van der Waals surface area contributed by atoms with Gasteiger partial charge in [-0.15, -0.1) is 0 Å². The molecule has 0 spiro atoms. The van der Waals surface area contributed by atoms with Crippen molar-refractivity contribution in [1.82, 2.24) is 0 Å². The van der Waals surface area contributed by atoms with E-state index in [1.165, 1.54) is 0 Å². The van der Waals surface area contributed by atoms with Crippen molar-refractivity contribution in [3.05, 3.63) is 0 Å². The van der Waals surface area contributed by atoms with E-state index in [1.807, 2.05) is 0 Å². The Bertz CT molecular complexity index is 219. The molecule has 3 nitrogen and oxygen atoms in total. The molecule has 3 heteroatoms. The number of hydrogen-bond acceptors (Lipinski definition) is 3. The van der Waals surface area contributed by atoms with E-state index in [0.29, 0.717) is 0 Å². The molecule has 0 radical (unpaired) electrons. The number of aliphatic hydroxyl groups is 1. The maximum Gasteiger partial charge on any atom is 0.154 e. The fourth-order valence-electron chi connectivity index (χ4n) is 1.98. The molecular formula is C10H17NO2. The number of nitriles is 1. The van der Waals surface area contributed by atoms with Crippen LogP contribution in [0.15, 0.2) is 0 Å². The molecule has 0 bridgehead atoms. The van der Waals surface area contributed by atoms with Crippen LogP contribution in [-0.4, -0.2) is 23.9 Å². The fraction of sp³-hybridized carbons (Fsp3) is 0.900. The Morgan fingerprint density at radius 1 is 1.46 bits per heavy atom. The van der Waals surface area contributed by atoms with E-state index in [-0.39, 0.29) is 18.6 Å². The third kappa shape index (κ3) is 2.43. The van der Waals surface area contributed by atoms with Crippen LogP contribution in [0.4, 0.5) is 0 Å². The maximum absolute atomic E-state index is 9.02. The zero-order valence-corrected chi connectivity index (χ0v) is 8.34. The van der Waals surface area contributed by atoms with Crippen molar-refractivity contribution in [2.75, 3.05) is 13.2 Å². The number of hydrogen-bond donors (Lipinski definition) is 1. The Kier molecular flexibility index (Phi) is 2.94. The molecule has 0 aliphatic heterocycles. The van der Waals surface area contributed by atoms with Gasteiger partial charge in [0, 0.05) is 0 Å². The van der Waals surface area contributed by atoms with Gasteiger partial charge in [-0.3, -0.25) is 0 Å². The van der Waals surface area contributed by atoms with Crippen LogP contribution >= 0.6 is 0 Å². The monoisotopic (exact) mass is 183 g/mol. The van der Waals surface area contributed by atoms with Gasteiger partial charge in [0.15, 0.2) is 5.60 Å². The van der Waals surface area contributed by atoms with Crippen LogP contribution in [0.2, 0.25) is 0 Å². The van der Waals surface area contributed by atoms with Crippen molar-refractivity contribution in [3.8, 4) is 6.07 Å². The van der Waals surface area contributed by atoms with Crippen molar-refractivity contribution in [3.63, 3.8) is 0 Å². The zero-order chi connectivity index (χ0) is 9.95. The number of aliphatic hydroxyl groups excluding tert-OH is 1. The van der Waals surface area contributed by atoms with E-state index in [4.69, 9.17) is 15.1 Å². The minimum atomic E-state index is -0.633. The van der Waals surface area contributed by atoms with Crippen molar-refractivity contribution in [2.24, 2.45) is 5.41 Å². The van der Waals surface area contributed by atoms with Crippen molar-refractivity contribution >= 4 is 0 Å². The molecule has 13 heavy (non-hydrogen) atoms. The minimum Gasteiger partial charge on any atom is -0.394 e. The van der Waals surface area contributed by atoms with Crippen molar-refractivity contribution in [2.45, 2.75) is 38.7 Å². The molecule has 1 atom stereocenters. The first-order chi connectivity index (χ1) is 6.04. The second kappa shape index (κ2) is 3.65. The molecule has 74 valence electrons. The molecule has 0 aromatic rings. The van der Waals surface area contributed by atoms with Crippen LogP contribution in [0, 0.1) is 16.7 Å². The van der Waals surface area contributed by atoms with E-state index in [1.54, 1.807) is 0 Å². The number of rotatable bonds is 3. The highest BCUT2D eigenvalue weighted by Gasteiger charge is 2.44. The van der Waals surface area contributed by atoms with Gasteiger partial charge in [0.05, 0.1) is 19.3 Å². The molecule has 0 heterocycles. The van der Waals surface area contributed by atoms with Gasteiger partial charge in [-0.1, -0.05) is 13.8 Å². The van der Waals surface area contributed by atoms with E-state index >= 15 is 0 Å². The minimum absolute atomic E-state index is 0.0101. The fourth-order valence-corrected chi connectivity index (χ4v) is 1.98. The molecule has 1 rings (SSSR count). The summed E-state index contributed by atoms with van der Waals surface area (Å²) in [5.74, 6) is 0. The third-order valence-electron chi connectivity index (χ3n) is 2.64. The van der Waals surface area contributed by atoms with Crippen LogP contribution in [0.3, 0.4) is 0 Å². The average molecular weight is 183 g/mol. The summed E-state index contributed by atoms with van der Waals surface area (Å²) in [6.45, 7) is 4.55. The van der Waals surface area contributed by atoms with E-state index in [0.717, 1.165) is 19.3 Å². The SMILES string of the molecule is CC1(C)CCC(C#N)(OCCO)C1. The van der Waals surface area contributed by atoms with Crippen LogP contribution < -0.4 is 0 Å². The standard InChI is InChI=1S/C10H17NO2/c1-9(2)3-4-10(7-9,8-11)13-6-5-12/h12H,3-7H2,1-2H3. The second-order valence-corrected chi connectivity index (χ2v) is 4.52. The van der Waals surface area contributed by atoms with Gasteiger partial charge in [0.25, 0.3) is 0 Å². The molecule has 0 saturated heterocycles. The summed E-state index contributed by atoms with van der Waals surface area (Å²) in [5.41, 5.74) is -0.433. The summed E-state index contributed by atoms with van der Waals surface area (Å²) in [5, 5.41) is 17.7. The smallest absolute Gasteiger partial charge is 0.154 e. The van der Waals surface area contributed by atoms with Gasteiger partial charge >= 0.3 is 0 Å². The highest BCUT2D eigenvalue weighted by Crippen LogP contribution is 2.45. The molecule has 0 aromatic heterocycles. The predicted molar refractivity (Wildman–Crippen MR) is 49.0 cm³/mol. The van der Waals surface area contributed by atoms with E-state index in [2.05, 4.69) is 19.9 Å². The molecule has 1 aliphatic carbocycles. The van der Waals surface area contributed by atoms with Gasteiger partial charge in [0.1, 0.15) is 0 Å². The van der Waals surface area contributed by atoms with Crippen LogP contribution in [0.1, 0.15) is 33.1 Å². The van der Waals surface area contributed by atoms with E-state index < -0.39 is 5.60 Å². The molecular weight excluding hydrogens is 166 g/mol. The van der Waals surface area contributed by atoms with Gasteiger partial charge in [-0.2, -0.15) is 5.26 Å². The largest absolute Gasteiger partial charge is 0.394 e. The second-order valence-electron chi connectivity index (χ2n) is 4.52. The molecule has 1 N–H and O–H groups in total. The van der Waals surface area contributed by atoms with Gasteiger partial charge in [0.2, 0.25) is 0 Å². The van der Waals surface area contributed by atoms with Crippen LogP contribution in [0.5, 0.6) is 0 Å². The Balaban J connectivity index is 2.59. The summed E-state index contributed by atoms with van der Waals surface area (Å²) in [7, 11) is 0. The number of nitrogens with zero attached hydrogens (tertiary/aromatic N) is 1. The summed E-state index contributed by atoms with van der Waals surface area (Å²) >= 11 is 0. The van der Waals surface area contributed by atoms with Crippen LogP contribution in [0.25, 0.3) is 0 Å². The van der Waals surface area contributed by atoms with Crippen LogP contribution in [-0.2, 0) is 4.74 Å². The summed E-state index contributed by atoms with van der Waals surface area (Å²) < 4.78 is 5.41. The molecule has 1 aliphatic rings. The maximum atomic E-state index is 9.02. The molecule has 0 amide bonds. The van der Waals surface area contributed by atoms with Gasteiger partial charge in [-0.05, 0) is 24.7 Å². The molecule has 0 aromatic carbocycles. The normalized spacial score (nSPS) is 31.5. The lowest BCUT2D eigenvalue weighted by Gasteiger charge is -2.23. The Hall–Kier alpha value is -0.590. The van der Waals surface area contributed by atoms with Crippen molar-refractivity contribution < 1.29 is 9.84 Å². The molecule has 1 unspecified atom stereocenters. The molecule has 1 fully saturated rings. The van der Waals surface area contributed by atoms with Gasteiger partial charge < -0.3 is 9.84 Å². The summed E-state index contributed by atoms with van der Waals surface area (Å²) in [6.07, 6.45) is 2.58. The molecule has 1 saturated carbocycles. The Labute approximate surface area is 79.3 Å². The quantitative estimate of drug-likeness (QED) is 0.720. The zero-order valence-electron chi connectivity index (χ0n) is 8.34. The third-order valence-corrected chi connectivity index (χ3v) is 2.64. The number of ether oxygens (including phenoxy) is 1. The lowest BCUT2D eigenvalue weighted by atomic mass is 9.89. The summed E-state index contributed by atoms with van der Waals surface area (Å²) in [4.78, 5) is 0. The van der Waals surface area contributed by atoms with Gasteiger partial charge in [-0.25, -0.2) is 0 Å². The van der Waals surface area contributed by atoms with E-state index in [9.17, 15) is 0 Å². The lowest BCUT2D eigenvalue weighted by molar-refractivity contribution is -0.0203. The summed E-state index contributed by atoms with van der Waals surface area (Å²) in [6, 6.07) is 2.23. The highest BCUT2D eigenvalue weighted by molar-refractivity contribution is 5.09. The Morgan fingerprint density at radius 2 is 2.15 bits per heavy atom. The highest BCUT2D eigenvalue weighted by atomic mass is 16.5. The first-order valence-electron chi connectivity index (χ1n) is 4.70.